The van der Waals surface area contributed by atoms with E-state index in [0.29, 0.717) is 22.8 Å². The molecule has 126 valence electrons. The van der Waals surface area contributed by atoms with Gasteiger partial charge in [0.25, 0.3) is 5.69 Å². The smallest absolute Gasteiger partial charge is 0.260 e. The highest BCUT2D eigenvalue weighted by Crippen LogP contribution is 2.29. The van der Waals surface area contributed by atoms with Crippen molar-refractivity contribution in [2.24, 2.45) is 10.1 Å². The molecule has 0 unspecified atom stereocenters. The van der Waals surface area contributed by atoms with Gasteiger partial charge >= 0.3 is 0 Å². The molecule has 0 aromatic heterocycles. The summed E-state index contributed by atoms with van der Waals surface area (Å²) >= 11 is 0. The predicted octanol–water partition coefficient (Wildman–Crippen LogP) is 4.03. The van der Waals surface area contributed by atoms with Crippen molar-refractivity contribution in [2.45, 2.75) is 0 Å². The summed E-state index contributed by atoms with van der Waals surface area (Å²) < 4.78 is 0. The van der Waals surface area contributed by atoms with Crippen molar-refractivity contribution >= 4 is 22.9 Å². The standard InChI is InChI=1S/C20H14N4O2/c25-24(26)16-11-12-18-17(13-16)19(14-7-3-1-4-8-14)22-23-20(21-18)15-9-5-2-6-10-15/h1-13H,(H,21,23). The van der Waals surface area contributed by atoms with Crippen LogP contribution in [-0.4, -0.2) is 16.5 Å². The van der Waals surface area contributed by atoms with Crippen molar-refractivity contribution in [3.63, 3.8) is 0 Å². The molecule has 0 radical (unpaired) electrons. The van der Waals surface area contributed by atoms with Crippen LogP contribution in [-0.2, 0) is 0 Å². The maximum absolute atomic E-state index is 11.2. The van der Waals surface area contributed by atoms with E-state index in [-0.39, 0.29) is 5.69 Å². The lowest BCUT2D eigenvalue weighted by Gasteiger charge is -2.07. The van der Waals surface area contributed by atoms with Crippen molar-refractivity contribution in [2.75, 3.05) is 0 Å². The molecule has 4 rings (SSSR count). The Balaban J connectivity index is 1.91. The van der Waals surface area contributed by atoms with Gasteiger partial charge in [0.15, 0.2) is 5.84 Å². The molecule has 1 heterocycles. The molecule has 1 aliphatic heterocycles. The Morgan fingerprint density at radius 2 is 1.50 bits per heavy atom. The van der Waals surface area contributed by atoms with Crippen molar-refractivity contribution in [1.29, 1.82) is 0 Å². The zero-order valence-electron chi connectivity index (χ0n) is 13.7. The van der Waals surface area contributed by atoms with Crippen LogP contribution in [0.2, 0.25) is 0 Å². The number of hydrogen-bond donors (Lipinski definition) is 1. The molecule has 0 atom stereocenters. The van der Waals surface area contributed by atoms with Crippen LogP contribution in [0.25, 0.3) is 0 Å². The summed E-state index contributed by atoms with van der Waals surface area (Å²) in [6.45, 7) is 0. The normalized spacial score (nSPS) is 12.9. The molecular formula is C20H14N4O2. The van der Waals surface area contributed by atoms with Gasteiger partial charge in [-0.15, -0.1) is 0 Å². The fraction of sp³-hybridized carbons (Fsp3) is 0. The number of nitrogens with zero attached hydrogens (tertiary/aromatic N) is 3. The van der Waals surface area contributed by atoms with Gasteiger partial charge in [0, 0.05) is 28.8 Å². The molecule has 3 aromatic rings. The Hall–Kier alpha value is -3.80. The molecule has 0 bridgehead atoms. The molecular weight excluding hydrogens is 328 g/mol. The maximum Gasteiger partial charge on any atom is 0.270 e. The minimum absolute atomic E-state index is 0.00532. The van der Waals surface area contributed by atoms with E-state index in [1.54, 1.807) is 6.07 Å². The lowest BCUT2D eigenvalue weighted by Crippen LogP contribution is -2.19. The lowest BCUT2D eigenvalue weighted by atomic mass is 10.0. The summed E-state index contributed by atoms with van der Waals surface area (Å²) in [5.74, 6) is 0.589. The van der Waals surface area contributed by atoms with Crippen molar-refractivity contribution in [3.8, 4) is 0 Å². The third kappa shape index (κ3) is 2.95. The molecule has 0 spiro atoms. The Bertz CT molecular complexity index is 1030. The summed E-state index contributed by atoms with van der Waals surface area (Å²) in [6, 6.07) is 23.8. The Labute approximate surface area is 149 Å². The number of amidine groups is 1. The number of benzene rings is 3. The first-order valence-electron chi connectivity index (χ1n) is 8.04. The van der Waals surface area contributed by atoms with E-state index >= 15 is 0 Å². The van der Waals surface area contributed by atoms with Crippen molar-refractivity contribution in [3.05, 3.63) is 106 Å². The molecule has 6 heteroatoms. The van der Waals surface area contributed by atoms with E-state index in [9.17, 15) is 10.1 Å². The highest BCUT2D eigenvalue weighted by atomic mass is 16.6. The number of fused-ring (bicyclic) bond motifs is 1. The third-order valence-electron chi connectivity index (χ3n) is 4.05. The quantitative estimate of drug-likeness (QED) is 0.576. The van der Waals surface area contributed by atoms with Crippen LogP contribution < -0.4 is 5.43 Å². The van der Waals surface area contributed by atoms with Gasteiger partial charge in [0.1, 0.15) is 5.71 Å². The van der Waals surface area contributed by atoms with Crippen LogP contribution in [0, 0.1) is 10.1 Å². The first-order chi connectivity index (χ1) is 12.7. The van der Waals surface area contributed by atoms with E-state index < -0.39 is 4.92 Å². The zero-order chi connectivity index (χ0) is 17.9. The molecule has 6 nitrogen and oxygen atoms in total. The summed E-state index contributed by atoms with van der Waals surface area (Å²) in [5.41, 5.74) is 6.60. The van der Waals surface area contributed by atoms with Crippen LogP contribution in [0.5, 0.6) is 0 Å². The number of nitro groups is 1. The Kier molecular flexibility index (Phi) is 3.99. The number of rotatable bonds is 3. The molecule has 0 saturated carbocycles. The van der Waals surface area contributed by atoms with Gasteiger partial charge in [-0.05, 0) is 6.07 Å². The highest BCUT2D eigenvalue weighted by Gasteiger charge is 2.20. The lowest BCUT2D eigenvalue weighted by molar-refractivity contribution is -0.384. The minimum Gasteiger partial charge on any atom is -0.260 e. The third-order valence-corrected chi connectivity index (χ3v) is 4.05. The highest BCUT2D eigenvalue weighted by molar-refractivity contribution is 6.18. The van der Waals surface area contributed by atoms with Gasteiger partial charge < -0.3 is 0 Å². The largest absolute Gasteiger partial charge is 0.270 e. The number of non-ortho nitro benzene ring substituents is 1. The Morgan fingerprint density at radius 1 is 0.846 bits per heavy atom. The number of nitro benzene ring substituents is 1. The van der Waals surface area contributed by atoms with Crippen LogP contribution in [0.3, 0.4) is 0 Å². The average Bonchev–Trinajstić information content (AvgIpc) is 2.88. The average molecular weight is 342 g/mol. The maximum atomic E-state index is 11.2. The number of hydrazone groups is 1. The summed E-state index contributed by atoms with van der Waals surface area (Å²) in [6.07, 6.45) is 0. The molecule has 1 aliphatic rings. The zero-order valence-corrected chi connectivity index (χ0v) is 13.7. The first kappa shape index (κ1) is 15.7. The number of aliphatic imine (C=N–C) groups is 1. The van der Waals surface area contributed by atoms with Crippen LogP contribution in [0.4, 0.5) is 11.4 Å². The molecule has 26 heavy (non-hydrogen) atoms. The summed E-state index contributed by atoms with van der Waals surface area (Å²) in [7, 11) is 0. The van der Waals surface area contributed by atoms with Gasteiger partial charge in [0.05, 0.1) is 10.6 Å². The van der Waals surface area contributed by atoms with Gasteiger partial charge in [-0.25, -0.2) is 4.99 Å². The molecule has 0 saturated heterocycles. The molecule has 1 N–H and O–H groups in total. The number of nitrogens with one attached hydrogen (secondary N) is 1. The number of hydrogen-bond acceptors (Lipinski definition) is 5. The van der Waals surface area contributed by atoms with Crippen LogP contribution in [0.15, 0.2) is 89.0 Å². The van der Waals surface area contributed by atoms with Crippen LogP contribution >= 0.6 is 0 Å². The van der Waals surface area contributed by atoms with Gasteiger partial charge in [-0.3, -0.25) is 15.5 Å². The molecule has 0 fully saturated rings. The van der Waals surface area contributed by atoms with Gasteiger partial charge in [-0.2, -0.15) is 5.10 Å². The van der Waals surface area contributed by atoms with E-state index in [2.05, 4.69) is 15.5 Å². The SMILES string of the molecule is O=[N+]([O-])c1ccc2c(c1)C(c1ccccc1)=NNC(c1ccccc1)=N2. The molecule has 3 aromatic carbocycles. The summed E-state index contributed by atoms with van der Waals surface area (Å²) in [5, 5.41) is 15.7. The second-order valence-corrected chi connectivity index (χ2v) is 5.72. The van der Waals surface area contributed by atoms with Crippen LogP contribution in [0.1, 0.15) is 16.7 Å². The van der Waals surface area contributed by atoms with Crippen molar-refractivity contribution in [1.82, 2.24) is 5.43 Å². The van der Waals surface area contributed by atoms with Gasteiger partial charge in [0.2, 0.25) is 0 Å². The van der Waals surface area contributed by atoms with E-state index in [1.807, 2.05) is 60.7 Å². The van der Waals surface area contributed by atoms with Crippen molar-refractivity contribution < 1.29 is 4.92 Å². The van der Waals surface area contributed by atoms with E-state index in [1.165, 1.54) is 12.1 Å². The monoisotopic (exact) mass is 342 g/mol. The second-order valence-electron chi connectivity index (χ2n) is 5.72. The minimum atomic E-state index is -0.414. The van der Waals surface area contributed by atoms with Gasteiger partial charge in [-0.1, -0.05) is 60.7 Å². The Morgan fingerprint density at radius 3 is 2.15 bits per heavy atom. The molecule has 0 aliphatic carbocycles. The fourth-order valence-corrected chi connectivity index (χ4v) is 2.78. The van der Waals surface area contributed by atoms with E-state index in [0.717, 1.165) is 11.1 Å². The van der Waals surface area contributed by atoms with E-state index in [4.69, 9.17) is 0 Å². The molecule has 0 amide bonds. The second kappa shape index (κ2) is 6.60. The first-order valence-corrected chi connectivity index (χ1v) is 8.04. The predicted molar refractivity (Wildman–Crippen MR) is 101 cm³/mol. The topological polar surface area (TPSA) is 79.9 Å². The fourth-order valence-electron chi connectivity index (χ4n) is 2.78. The summed E-state index contributed by atoms with van der Waals surface area (Å²) in [4.78, 5) is 15.5.